The molecule has 0 spiro atoms. The number of alkyl halides is 3. The number of carbonyl (C=O) groups is 1. The lowest BCUT2D eigenvalue weighted by Gasteiger charge is -2.34. The Morgan fingerprint density at radius 3 is 1.93 bits per heavy atom. The molecule has 0 saturated heterocycles. The van der Waals surface area contributed by atoms with Crippen LogP contribution in [0.3, 0.4) is 0 Å². The van der Waals surface area contributed by atoms with E-state index in [4.69, 9.17) is 4.55 Å². The van der Waals surface area contributed by atoms with Crippen LogP contribution in [-0.2, 0) is 14.9 Å². The number of rotatable bonds is 6. The van der Waals surface area contributed by atoms with Crippen LogP contribution >= 0.6 is 0 Å². The average molecular weight is 410 g/mol. The maximum Gasteiger partial charge on any atom is 0.426 e. The molecule has 0 fully saturated rings. The first-order chi connectivity index (χ1) is 12.0. The molecule has 154 valence electrons. The molecule has 0 saturated carbocycles. The minimum atomic E-state index is -5.12. The van der Waals surface area contributed by atoms with Gasteiger partial charge in [0.2, 0.25) is 6.10 Å². The Labute approximate surface area is 157 Å². The maximum atomic E-state index is 12.9. The summed E-state index contributed by atoms with van der Waals surface area (Å²) in [5.41, 5.74) is 0.728. The molecule has 1 rings (SSSR count). The highest BCUT2D eigenvalue weighted by Crippen LogP contribution is 2.40. The molecule has 2 atom stereocenters. The van der Waals surface area contributed by atoms with Crippen molar-refractivity contribution < 1.29 is 35.7 Å². The Morgan fingerprint density at radius 1 is 1.11 bits per heavy atom. The molecule has 0 bridgehead atoms. The third-order valence-corrected chi connectivity index (χ3v) is 4.81. The summed E-state index contributed by atoms with van der Waals surface area (Å²) in [6.07, 6.45) is -8.07. The van der Waals surface area contributed by atoms with E-state index in [0.717, 1.165) is 5.56 Å². The van der Waals surface area contributed by atoms with Gasteiger partial charge in [-0.2, -0.15) is 21.6 Å². The van der Waals surface area contributed by atoms with Crippen LogP contribution in [0.25, 0.3) is 0 Å². The zero-order valence-corrected chi connectivity index (χ0v) is 16.7. The summed E-state index contributed by atoms with van der Waals surface area (Å²) in [5.74, 6) is -2.61. The first kappa shape index (κ1) is 23.4. The number of hydrogen-bond acceptors (Lipinski definition) is 4. The fourth-order valence-corrected chi connectivity index (χ4v) is 3.93. The molecule has 27 heavy (non-hydrogen) atoms. The van der Waals surface area contributed by atoms with Crippen molar-refractivity contribution in [1.29, 1.82) is 0 Å². The first-order valence-electron chi connectivity index (χ1n) is 8.35. The van der Waals surface area contributed by atoms with Crippen LogP contribution in [0.2, 0.25) is 0 Å². The van der Waals surface area contributed by atoms with Gasteiger partial charge in [-0.15, -0.1) is 0 Å². The first-order valence-corrected chi connectivity index (χ1v) is 9.96. The van der Waals surface area contributed by atoms with Crippen molar-refractivity contribution in [2.24, 2.45) is 11.3 Å². The van der Waals surface area contributed by atoms with E-state index in [2.05, 4.69) is 39.4 Å². The second-order valence-electron chi connectivity index (χ2n) is 7.89. The molecule has 1 N–H and O–H groups in total. The lowest BCUT2D eigenvalue weighted by Crippen LogP contribution is -2.39. The quantitative estimate of drug-likeness (QED) is 0.554. The van der Waals surface area contributed by atoms with Crippen molar-refractivity contribution in [2.75, 3.05) is 5.75 Å². The van der Waals surface area contributed by atoms with E-state index in [9.17, 15) is 26.4 Å². The van der Waals surface area contributed by atoms with Gasteiger partial charge in [-0.3, -0.25) is 4.55 Å². The van der Waals surface area contributed by atoms with Crippen LogP contribution in [0.5, 0.6) is 0 Å². The Bertz CT molecular complexity index is 747. The van der Waals surface area contributed by atoms with Crippen molar-refractivity contribution in [3.8, 4) is 0 Å². The van der Waals surface area contributed by atoms with Crippen LogP contribution in [-0.4, -0.2) is 37.0 Å². The highest BCUT2D eigenvalue weighted by atomic mass is 32.2. The predicted octanol–water partition coefficient (Wildman–Crippen LogP) is 4.45. The Kier molecular flexibility index (Phi) is 7.10. The van der Waals surface area contributed by atoms with Crippen molar-refractivity contribution in [3.05, 3.63) is 35.4 Å². The highest BCUT2D eigenvalue weighted by Gasteiger charge is 2.45. The van der Waals surface area contributed by atoms with E-state index in [1.54, 1.807) is 12.1 Å². The summed E-state index contributed by atoms with van der Waals surface area (Å²) >= 11 is 0. The Hall–Kier alpha value is -1.61. The molecule has 0 aliphatic rings. The van der Waals surface area contributed by atoms with Gasteiger partial charge in [0.1, 0.15) is 5.75 Å². The van der Waals surface area contributed by atoms with Crippen LogP contribution < -0.4 is 0 Å². The van der Waals surface area contributed by atoms with E-state index in [1.807, 2.05) is 0 Å². The number of hydrogen-bond donors (Lipinski definition) is 1. The van der Waals surface area contributed by atoms with Gasteiger partial charge >= 0.3 is 12.1 Å². The Morgan fingerprint density at radius 2 is 1.59 bits per heavy atom. The molecule has 0 amide bonds. The zero-order valence-electron chi connectivity index (χ0n) is 15.9. The van der Waals surface area contributed by atoms with Gasteiger partial charge in [-0.25, -0.2) is 4.79 Å². The standard InChI is InChI=1S/C18H25F3O5S/c1-11(2)15(17(3,4)5)12-6-8-13(9-7-12)16(22)26-14(18(19,20)21)10-27(23,24)25/h6-9,11,14-15H,10H2,1-5H3,(H,23,24,25). The van der Waals surface area contributed by atoms with Gasteiger partial charge in [0.15, 0.2) is 0 Å². The molecule has 0 heterocycles. The van der Waals surface area contributed by atoms with Crippen LogP contribution in [0.4, 0.5) is 13.2 Å². The predicted molar refractivity (Wildman–Crippen MR) is 95.2 cm³/mol. The fraction of sp³-hybridized carbons (Fsp3) is 0.611. The van der Waals surface area contributed by atoms with Gasteiger partial charge < -0.3 is 4.74 Å². The number of ether oxygens (including phenoxy) is 1. The smallest absolute Gasteiger partial charge is 0.426 e. The average Bonchev–Trinajstić information content (AvgIpc) is 2.42. The molecule has 5 nitrogen and oxygen atoms in total. The molecular weight excluding hydrogens is 385 g/mol. The van der Waals surface area contributed by atoms with E-state index in [-0.39, 0.29) is 16.9 Å². The number of benzene rings is 1. The number of halogens is 3. The summed E-state index contributed by atoms with van der Waals surface area (Å²) in [7, 11) is -4.98. The fourth-order valence-electron chi connectivity index (χ4n) is 3.30. The minimum Gasteiger partial charge on any atom is -0.448 e. The van der Waals surface area contributed by atoms with Gasteiger partial charge in [0.25, 0.3) is 10.1 Å². The van der Waals surface area contributed by atoms with Crippen LogP contribution in [0, 0.1) is 11.3 Å². The zero-order chi connectivity index (χ0) is 21.2. The van der Waals surface area contributed by atoms with Crippen molar-refractivity contribution in [3.63, 3.8) is 0 Å². The third-order valence-electron chi connectivity index (χ3n) is 4.08. The number of carbonyl (C=O) groups excluding carboxylic acids is 1. The van der Waals surface area contributed by atoms with Crippen LogP contribution in [0.1, 0.15) is 56.5 Å². The summed E-state index contributed by atoms with van der Waals surface area (Å²) in [4.78, 5) is 12.0. The molecule has 0 radical (unpaired) electrons. The minimum absolute atomic E-state index is 0.0624. The second kappa shape index (κ2) is 8.18. The van der Waals surface area contributed by atoms with Gasteiger partial charge in [-0.1, -0.05) is 46.8 Å². The van der Waals surface area contributed by atoms with Crippen molar-refractivity contribution in [2.45, 2.75) is 52.8 Å². The van der Waals surface area contributed by atoms with E-state index < -0.39 is 34.1 Å². The SMILES string of the molecule is CC(C)C(c1ccc(C(=O)OC(CS(=O)(=O)O)C(F)(F)F)cc1)C(C)(C)C. The van der Waals surface area contributed by atoms with Gasteiger partial charge in [0.05, 0.1) is 5.56 Å². The van der Waals surface area contributed by atoms with Crippen molar-refractivity contribution >= 4 is 16.1 Å². The van der Waals surface area contributed by atoms with Crippen molar-refractivity contribution in [1.82, 2.24) is 0 Å². The molecule has 9 heteroatoms. The lowest BCUT2D eigenvalue weighted by atomic mass is 9.70. The summed E-state index contributed by atoms with van der Waals surface area (Å²) in [6, 6.07) is 6.00. The van der Waals surface area contributed by atoms with E-state index >= 15 is 0 Å². The van der Waals surface area contributed by atoms with E-state index in [0.29, 0.717) is 5.92 Å². The third kappa shape index (κ3) is 7.14. The monoisotopic (exact) mass is 410 g/mol. The molecule has 0 aromatic heterocycles. The highest BCUT2D eigenvalue weighted by molar-refractivity contribution is 7.85. The molecule has 1 aromatic carbocycles. The molecular formula is C18H25F3O5S. The molecule has 2 unspecified atom stereocenters. The lowest BCUT2D eigenvalue weighted by molar-refractivity contribution is -0.197. The Balaban J connectivity index is 3.05. The molecule has 1 aromatic rings. The van der Waals surface area contributed by atoms with Gasteiger partial charge in [0, 0.05) is 0 Å². The normalized spacial score (nSPS) is 15.5. The van der Waals surface area contributed by atoms with E-state index in [1.165, 1.54) is 12.1 Å². The topological polar surface area (TPSA) is 80.7 Å². The largest absolute Gasteiger partial charge is 0.448 e. The van der Waals surface area contributed by atoms with Crippen LogP contribution in [0.15, 0.2) is 24.3 Å². The second-order valence-corrected chi connectivity index (χ2v) is 9.39. The summed E-state index contributed by atoms with van der Waals surface area (Å²) in [5, 5.41) is 0. The molecule has 0 aliphatic heterocycles. The maximum absolute atomic E-state index is 12.9. The molecule has 0 aliphatic carbocycles. The number of esters is 1. The summed E-state index contributed by atoms with van der Waals surface area (Å²) in [6.45, 7) is 10.3. The van der Waals surface area contributed by atoms with Gasteiger partial charge in [-0.05, 0) is 34.9 Å². The summed E-state index contributed by atoms with van der Waals surface area (Å²) < 4.78 is 73.0.